The fourth-order valence-electron chi connectivity index (χ4n) is 4.39. The van der Waals surface area contributed by atoms with Crippen molar-refractivity contribution >= 4 is 22.8 Å². The largest absolute Gasteiger partial charge is 0.480 e. The van der Waals surface area contributed by atoms with Crippen LogP contribution in [0.25, 0.3) is 10.9 Å². The van der Waals surface area contributed by atoms with Crippen LogP contribution >= 0.6 is 0 Å². The summed E-state index contributed by atoms with van der Waals surface area (Å²) in [6.45, 7) is 2.12. The monoisotopic (exact) mass is 474 g/mol. The summed E-state index contributed by atoms with van der Waals surface area (Å²) in [5.74, 6) is -0.128. The molecule has 180 valence electrons. The van der Waals surface area contributed by atoms with Crippen molar-refractivity contribution in [3.8, 4) is 11.5 Å². The van der Waals surface area contributed by atoms with Gasteiger partial charge in [-0.25, -0.2) is 9.78 Å². The van der Waals surface area contributed by atoms with Crippen LogP contribution in [-0.2, 0) is 28.9 Å². The number of amides is 1. The van der Waals surface area contributed by atoms with Crippen LogP contribution < -0.4 is 14.8 Å². The van der Waals surface area contributed by atoms with Crippen molar-refractivity contribution in [3.05, 3.63) is 77.5 Å². The van der Waals surface area contributed by atoms with Gasteiger partial charge in [0.15, 0.2) is 11.5 Å². The number of carboxylic acid groups (broad SMARTS) is 1. The van der Waals surface area contributed by atoms with E-state index in [2.05, 4.69) is 20.3 Å². The Labute approximate surface area is 201 Å². The molecule has 2 aromatic heterocycles. The minimum Gasteiger partial charge on any atom is -0.480 e. The number of hydrogen-bond donors (Lipinski definition) is 4. The molecule has 0 bridgehead atoms. The Kier molecular flexibility index (Phi) is 6.13. The van der Waals surface area contributed by atoms with E-state index in [0.717, 1.165) is 34.4 Å². The third-order valence-electron chi connectivity index (χ3n) is 6.27. The molecule has 9 nitrogen and oxygen atoms in total. The maximum atomic E-state index is 13.5. The third kappa shape index (κ3) is 4.70. The van der Waals surface area contributed by atoms with Crippen LogP contribution in [0.4, 0.5) is 0 Å². The molecule has 0 saturated heterocycles. The number of imidazole rings is 1. The molecule has 1 aliphatic heterocycles. The van der Waals surface area contributed by atoms with Crippen molar-refractivity contribution in [1.82, 2.24) is 20.3 Å². The lowest BCUT2D eigenvalue weighted by Crippen LogP contribution is -2.44. The Morgan fingerprint density at radius 1 is 1.14 bits per heavy atom. The topological polar surface area (TPSA) is 129 Å². The first-order chi connectivity index (χ1) is 17.0. The van der Waals surface area contributed by atoms with E-state index < -0.39 is 17.9 Å². The molecule has 35 heavy (non-hydrogen) atoms. The lowest BCUT2D eigenvalue weighted by atomic mass is 9.92. The van der Waals surface area contributed by atoms with E-state index in [-0.39, 0.29) is 19.1 Å². The fraction of sp³-hybridized carbons (Fsp3) is 0.269. The highest BCUT2D eigenvalue weighted by Crippen LogP contribution is 2.35. The van der Waals surface area contributed by atoms with Gasteiger partial charge >= 0.3 is 5.97 Å². The SMILES string of the molecule is CCc1ncc(C[C@H](C(=O)N[C@@H](Cc2c[nH]c3ccccc23)C(=O)O)c2ccc3c(c2)OCO3)[nH]1. The minimum atomic E-state index is -1.09. The molecule has 4 aromatic rings. The van der Waals surface area contributed by atoms with Crippen LogP contribution in [0, 0.1) is 0 Å². The predicted molar refractivity (Wildman–Crippen MR) is 129 cm³/mol. The lowest BCUT2D eigenvalue weighted by Gasteiger charge is -2.21. The van der Waals surface area contributed by atoms with Crippen molar-refractivity contribution in [2.75, 3.05) is 6.79 Å². The molecule has 1 aliphatic rings. The van der Waals surface area contributed by atoms with Crippen molar-refractivity contribution in [3.63, 3.8) is 0 Å². The normalized spacial score (nSPS) is 14.1. The van der Waals surface area contributed by atoms with Gasteiger partial charge in [-0.3, -0.25) is 4.79 Å². The molecule has 0 fully saturated rings. The number of carbonyl (C=O) groups is 2. The number of carboxylic acids is 1. The van der Waals surface area contributed by atoms with E-state index in [1.165, 1.54) is 0 Å². The van der Waals surface area contributed by atoms with Gasteiger partial charge in [0.05, 0.1) is 5.92 Å². The minimum absolute atomic E-state index is 0.127. The van der Waals surface area contributed by atoms with Gasteiger partial charge in [0, 0.05) is 48.3 Å². The Balaban J connectivity index is 1.41. The van der Waals surface area contributed by atoms with Crippen molar-refractivity contribution < 1.29 is 24.2 Å². The molecule has 0 radical (unpaired) electrons. The van der Waals surface area contributed by atoms with E-state index in [0.29, 0.717) is 23.5 Å². The van der Waals surface area contributed by atoms with Gasteiger partial charge in [-0.05, 0) is 29.3 Å². The number of nitrogens with one attached hydrogen (secondary N) is 3. The average molecular weight is 475 g/mol. The number of H-pyrrole nitrogens is 2. The third-order valence-corrected chi connectivity index (χ3v) is 6.27. The lowest BCUT2D eigenvalue weighted by molar-refractivity contribution is -0.142. The molecule has 0 saturated carbocycles. The number of aromatic amines is 2. The van der Waals surface area contributed by atoms with E-state index in [4.69, 9.17) is 9.47 Å². The molecular formula is C26H26N4O5. The standard InChI is InChI=1S/C26H26N4O5/c1-2-24-28-13-17(29-24)11-19(15-7-8-22-23(10-15)35-14-34-22)25(31)30-21(26(32)33)9-16-12-27-20-6-4-3-5-18(16)20/h3-8,10,12-13,19,21,27H,2,9,11,14H2,1H3,(H,28,29)(H,30,31)(H,32,33)/t19-,21-/m0/s1. The van der Waals surface area contributed by atoms with Gasteiger partial charge in [0.1, 0.15) is 11.9 Å². The number of rotatable bonds is 9. The molecular weight excluding hydrogens is 448 g/mol. The zero-order valence-electron chi connectivity index (χ0n) is 19.2. The molecule has 0 aliphatic carbocycles. The second kappa shape index (κ2) is 9.54. The van der Waals surface area contributed by atoms with Gasteiger partial charge < -0.3 is 29.9 Å². The van der Waals surface area contributed by atoms with E-state index in [9.17, 15) is 14.7 Å². The first-order valence-electron chi connectivity index (χ1n) is 11.5. The number of benzene rings is 2. The first-order valence-corrected chi connectivity index (χ1v) is 11.5. The molecule has 2 aromatic carbocycles. The average Bonchev–Trinajstić information content (AvgIpc) is 3.61. The Hall–Kier alpha value is -4.27. The smallest absolute Gasteiger partial charge is 0.326 e. The number of fused-ring (bicyclic) bond motifs is 2. The van der Waals surface area contributed by atoms with Crippen LogP contribution in [-0.4, -0.2) is 44.8 Å². The van der Waals surface area contributed by atoms with Crippen LogP contribution in [0.2, 0.25) is 0 Å². The summed E-state index contributed by atoms with van der Waals surface area (Å²) in [6.07, 6.45) is 4.74. The Bertz CT molecular complexity index is 1380. The van der Waals surface area contributed by atoms with Gasteiger partial charge in [0.25, 0.3) is 0 Å². The summed E-state index contributed by atoms with van der Waals surface area (Å²) in [6, 6.07) is 11.9. The highest BCUT2D eigenvalue weighted by molar-refractivity contribution is 5.89. The summed E-state index contributed by atoms with van der Waals surface area (Å²) in [7, 11) is 0. The van der Waals surface area contributed by atoms with Gasteiger partial charge in [-0.2, -0.15) is 0 Å². The Morgan fingerprint density at radius 2 is 1.97 bits per heavy atom. The maximum absolute atomic E-state index is 13.5. The molecule has 1 amide bonds. The number of nitrogens with zero attached hydrogens (tertiary/aromatic N) is 1. The van der Waals surface area contributed by atoms with Crippen LogP contribution in [0.1, 0.15) is 35.5 Å². The van der Waals surface area contributed by atoms with Crippen molar-refractivity contribution in [1.29, 1.82) is 0 Å². The fourth-order valence-corrected chi connectivity index (χ4v) is 4.39. The van der Waals surface area contributed by atoms with Crippen LogP contribution in [0.15, 0.2) is 54.9 Å². The second-order valence-corrected chi connectivity index (χ2v) is 8.54. The second-order valence-electron chi connectivity index (χ2n) is 8.54. The molecule has 4 N–H and O–H groups in total. The molecule has 3 heterocycles. The number of para-hydroxylation sites is 1. The summed E-state index contributed by atoms with van der Waals surface area (Å²) in [5.41, 5.74) is 3.25. The summed E-state index contributed by atoms with van der Waals surface area (Å²) in [4.78, 5) is 36.4. The molecule has 0 spiro atoms. The summed E-state index contributed by atoms with van der Waals surface area (Å²) in [5, 5.41) is 13.6. The first kappa shape index (κ1) is 22.5. The number of carbonyl (C=O) groups excluding carboxylic acids is 1. The van der Waals surface area contributed by atoms with Gasteiger partial charge in [-0.15, -0.1) is 0 Å². The predicted octanol–water partition coefficient (Wildman–Crippen LogP) is 3.32. The van der Waals surface area contributed by atoms with Gasteiger partial charge in [-0.1, -0.05) is 31.2 Å². The zero-order chi connectivity index (χ0) is 24.4. The zero-order valence-corrected chi connectivity index (χ0v) is 19.2. The highest BCUT2D eigenvalue weighted by Gasteiger charge is 2.29. The molecule has 0 unspecified atom stereocenters. The molecule has 5 rings (SSSR count). The van der Waals surface area contributed by atoms with E-state index >= 15 is 0 Å². The highest BCUT2D eigenvalue weighted by atomic mass is 16.7. The van der Waals surface area contributed by atoms with E-state index in [1.807, 2.05) is 37.3 Å². The number of aryl methyl sites for hydroxylation is 1. The van der Waals surface area contributed by atoms with Crippen molar-refractivity contribution in [2.24, 2.45) is 0 Å². The summed E-state index contributed by atoms with van der Waals surface area (Å²) < 4.78 is 10.9. The molecule has 9 heteroatoms. The van der Waals surface area contributed by atoms with Crippen LogP contribution in [0.3, 0.4) is 0 Å². The number of aliphatic carboxylic acids is 1. The summed E-state index contributed by atoms with van der Waals surface area (Å²) >= 11 is 0. The number of aromatic nitrogens is 3. The maximum Gasteiger partial charge on any atom is 0.326 e. The molecule has 2 atom stereocenters. The number of hydrogen-bond acceptors (Lipinski definition) is 5. The Morgan fingerprint density at radius 3 is 2.77 bits per heavy atom. The van der Waals surface area contributed by atoms with Gasteiger partial charge in [0.2, 0.25) is 12.7 Å². The van der Waals surface area contributed by atoms with Crippen molar-refractivity contribution in [2.45, 2.75) is 38.1 Å². The number of ether oxygens (including phenoxy) is 2. The van der Waals surface area contributed by atoms with E-state index in [1.54, 1.807) is 24.5 Å². The van der Waals surface area contributed by atoms with Crippen LogP contribution in [0.5, 0.6) is 11.5 Å². The quantitative estimate of drug-likeness (QED) is 0.295.